The molecule has 6 nitrogen and oxygen atoms in total. The van der Waals surface area contributed by atoms with Crippen LogP contribution in [0.2, 0.25) is 0 Å². The molecule has 1 fully saturated rings. The third-order valence-electron chi connectivity index (χ3n) is 6.16. The van der Waals surface area contributed by atoms with E-state index in [0.29, 0.717) is 6.54 Å². The zero-order valence-electron chi connectivity index (χ0n) is 19.7. The molecule has 34 heavy (non-hydrogen) atoms. The van der Waals surface area contributed by atoms with Gasteiger partial charge in [0.1, 0.15) is 5.75 Å². The summed E-state index contributed by atoms with van der Waals surface area (Å²) < 4.78 is 33.7. The first kappa shape index (κ1) is 24.4. The van der Waals surface area contributed by atoms with E-state index in [1.54, 1.807) is 19.2 Å². The number of hydrogen-bond donors (Lipinski definition) is 2. The maximum atomic E-state index is 12.7. The molecule has 1 aliphatic rings. The molecule has 7 heteroatoms. The van der Waals surface area contributed by atoms with Crippen LogP contribution in [0.5, 0.6) is 5.75 Å². The molecule has 1 heterocycles. The van der Waals surface area contributed by atoms with E-state index in [2.05, 4.69) is 33.1 Å². The van der Waals surface area contributed by atoms with Crippen molar-refractivity contribution in [2.45, 2.75) is 30.8 Å². The monoisotopic (exact) mass is 479 g/mol. The van der Waals surface area contributed by atoms with Crippen LogP contribution in [-0.2, 0) is 23.1 Å². The van der Waals surface area contributed by atoms with Crippen molar-refractivity contribution in [1.29, 1.82) is 0 Å². The van der Waals surface area contributed by atoms with Gasteiger partial charge in [-0.05, 0) is 66.9 Å². The second kappa shape index (κ2) is 11.6. The number of nitrogens with zero attached hydrogens (tertiary/aromatic N) is 1. The van der Waals surface area contributed by atoms with Gasteiger partial charge in [0.25, 0.3) is 0 Å². The second-order valence-electron chi connectivity index (χ2n) is 8.59. The lowest BCUT2D eigenvalue weighted by Crippen LogP contribution is -2.33. The number of hydrogen-bond acceptors (Lipinski definition) is 5. The highest BCUT2D eigenvalue weighted by Gasteiger charge is 2.16. The minimum absolute atomic E-state index is 0.275. The van der Waals surface area contributed by atoms with E-state index < -0.39 is 10.0 Å². The van der Waals surface area contributed by atoms with Gasteiger partial charge in [0.15, 0.2) is 0 Å². The third kappa shape index (κ3) is 6.45. The van der Waals surface area contributed by atoms with Crippen LogP contribution in [0.15, 0.2) is 77.7 Å². The Morgan fingerprint density at radius 1 is 0.882 bits per heavy atom. The van der Waals surface area contributed by atoms with Gasteiger partial charge in [0.05, 0.1) is 12.0 Å². The van der Waals surface area contributed by atoms with Crippen LogP contribution in [-0.4, -0.2) is 46.6 Å². The SMILES string of the molecule is COc1ccc(CNCc2ccccc2)cc1-c1ccc(S(=O)(=O)NCCN2CCCC2)cc1. The molecule has 3 aromatic rings. The molecule has 180 valence electrons. The van der Waals surface area contributed by atoms with Crippen molar-refractivity contribution >= 4 is 10.0 Å². The summed E-state index contributed by atoms with van der Waals surface area (Å²) in [7, 11) is -1.88. The summed E-state index contributed by atoms with van der Waals surface area (Å²) in [5.41, 5.74) is 4.22. The Kier molecular flexibility index (Phi) is 8.34. The van der Waals surface area contributed by atoms with Crippen molar-refractivity contribution in [2.24, 2.45) is 0 Å². The smallest absolute Gasteiger partial charge is 0.240 e. The predicted molar refractivity (Wildman–Crippen MR) is 136 cm³/mol. The average Bonchev–Trinajstić information content (AvgIpc) is 3.38. The summed E-state index contributed by atoms with van der Waals surface area (Å²) in [6.45, 7) is 4.80. The summed E-state index contributed by atoms with van der Waals surface area (Å²) in [5, 5.41) is 3.47. The molecule has 0 saturated carbocycles. The molecule has 0 spiro atoms. The highest BCUT2D eigenvalue weighted by Crippen LogP contribution is 2.31. The van der Waals surface area contributed by atoms with Gasteiger partial charge in [0.2, 0.25) is 10.0 Å². The van der Waals surface area contributed by atoms with Crippen molar-refractivity contribution in [1.82, 2.24) is 14.9 Å². The second-order valence-corrected chi connectivity index (χ2v) is 10.4. The molecular weight excluding hydrogens is 446 g/mol. The molecule has 0 unspecified atom stereocenters. The normalized spacial score (nSPS) is 14.4. The molecule has 3 aromatic carbocycles. The van der Waals surface area contributed by atoms with E-state index in [-0.39, 0.29) is 4.90 Å². The molecular formula is C27H33N3O3S. The lowest BCUT2D eigenvalue weighted by atomic mass is 10.0. The van der Waals surface area contributed by atoms with Crippen LogP contribution in [0.3, 0.4) is 0 Å². The Morgan fingerprint density at radius 2 is 1.59 bits per heavy atom. The van der Waals surface area contributed by atoms with Crippen molar-refractivity contribution in [3.05, 3.63) is 83.9 Å². The number of methoxy groups -OCH3 is 1. The van der Waals surface area contributed by atoms with Crippen molar-refractivity contribution in [3.8, 4) is 16.9 Å². The van der Waals surface area contributed by atoms with E-state index in [0.717, 1.165) is 55.2 Å². The third-order valence-corrected chi connectivity index (χ3v) is 7.64. The number of rotatable bonds is 11. The first-order chi connectivity index (χ1) is 16.5. The molecule has 1 saturated heterocycles. The standard InChI is InChI=1S/C27H33N3O3S/c1-33-27-14-9-23(21-28-20-22-7-3-2-4-8-22)19-26(27)24-10-12-25(13-11-24)34(31,32)29-15-18-30-16-5-6-17-30/h2-4,7-14,19,28-29H,5-6,15-18,20-21H2,1H3. The fourth-order valence-corrected chi connectivity index (χ4v) is 5.30. The minimum Gasteiger partial charge on any atom is -0.496 e. The van der Waals surface area contributed by atoms with E-state index >= 15 is 0 Å². The predicted octanol–water partition coefficient (Wildman–Crippen LogP) is 4.03. The van der Waals surface area contributed by atoms with E-state index in [9.17, 15) is 8.42 Å². The maximum Gasteiger partial charge on any atom is 0.240 e. The Balaban J connectivity index is 1.41. The first-order valence-corrected chi connectivity index (χ1v) is 13.3. The highest BCUT2D eigenvalue weighted by atomic mass is 32.2. The zero-order valence-corrected chi connectivity index (χ0v) is 20.5. The number of nitrogens with one attached hydrogen (secondary N) is 2. The maximum absolute atomic E-state index is 12.7. The Hall–Kier alpha value is -2.71. The Morgan fingerprint density at radius 3 is 2.29 bits per heavy atom. The zero-order chi connectivity index (χ0) is 23.8. The van der Waals surface area contributed by atoms with Crippen LogP contribution in [0.1, 0.15) is 24.0 Å². The quantitative estimate of drug-likeness (QED) is 0.435. The van der Waals surface area contributed by atoms with Gasteiger partial charge < -0.3 is 15.0 Å². The summed E-state index contributed by atoms with van der Waals surface area (Å²) in [4.78, 5) is 2.57. The van der Waals surface area contributed by atoms with Crippen LogP contribution in [0.4, 0.5) is 0 Å². The van der Waals surface area contributed by atoms with Crippen LogP contribution >= 0.6 is 0 Å². The van der Waals surface area contributed by atoms with Gasteiger partial charge in [-0.25, -0.2) is 13.1 Å². The Labute approximate surface area is 203 Å². The molecule has 0 bridgehead atoms. The van der Waals surface area contributed by atoms with Gasteiger partial charge in [-0.2, -0.15) is 0 Å². The van der Waals surface area contributed by atoms with Crippen LogP contribution in [0, 0.1) is 0 Å². The van der Waals surface area contributed by atoms with Crippen LogP contribution in [0.25, 0.3) is 11.1 Å². The number of likely N-dealkylation sites (tertiary alicyclic amines) is 1. The summed E-state index contributed by atoms with van der Waals surface area (Å²) >= 11 is 0. The first-order valence-electron chi connectivity index (χ1n) is 11.8. The fourth-order valence-electron chi connectivity index (χ4n) is 4.28. The average molecular weight is 480 g/mol. The van der Waals surface area contributed by atoms with Crippen LogP contribution < -0.4 is 14.8 Å². The Bertz CT molecular complexity index is 1160. The van der Waals surface area contributed by atoms with Crippen molar-refractivity contribution in [2.75, 3.05) is 33.3 Å². The van der Waals surface area contributed by atoms with Crippen molar-refractivity contribution < 1.29 is 13.2 Å². The summed E-state index contributed by atoms with van der Waals surface area (Å²) in [5.74, 6) is 0.756. The molecule has 0 aliphatic carbocycles. The summed E-state index contributed by atoms with van der Waals surface area (Å²) in [6, 6.07) is 23.4. The molecule has 0 amide bonds. The lowest BCUT2D eigenvalue weighted by Gasteiger charge is -2.15. The number of sulfonamides is 1. The van der Waals surface area contributed by atoms with E-state index in [4.69, 9.17) is 4.74 Å². The van der Waals surface area contributed by atoms with Gasteiger partial charge in [-0.3, -0.25) is 0 Å². The minimum atomic E-state index is -3.53. The molecule has 0 atom stereocenters. The number of ether oxygens (including phenoxy) is 1. The molecule has 1 aliphatic heterocycles. The van der Waals surface area contributed by atoms with Gasteiger partial charge in [-0.1, -0.05) is 48.5 Å². The van der Waals surface area contributed by atoms with E-state index in [1.807, 2.05) is 42.5 Å². The molecule has 4 rings (SSSR count). The highest BCUT2D eigenvalue weighted by molar-refractivity contribution is 7.89. The topological polar surface area (TPSA) is 70.7 Å². The largest absolute Gasteiger partial charge is 0.496 e. The van der Waals surface area contributed by atoms with E-state index in [1.165, 1.54) is 18.4 Å². The molecule has 0 radical (unpaired) electrons. The van der Waals surface area contributed by atoms with Gasteiger partial charge >= 0.3 is 0 Å². The molecule has 0 aromatic heterocycles. The summed E-state index contributed by atoms with van der Waals surface area (Å²) in [6.07, 6.45) is 2.39. The lowest BCUT2D eigenvalue weighted by molar-refractivity contribution is 0.344. The molecule has 2 N–H and O–H groups in total. The van der Waals surface area contributed by atoms with Gasteiger partial charge in [0, 0.05) is 31.7 Å². The van der Waals surface area contributed by atoms with Gasteiger partial charge in [-0.15, -0.1) is 0 Å². The number of benzene rings is 3. The fraction of sp³-hybridized carbons (Fsp3) is 0.333. The van der Waals surface area contributed by atoms with Crippen molar-refractivity contribution in [3.63, 3.8) is 0 Å².